The third kappa shape index (κ3) is 8.64. The van der Waals surface area contributed by atoms with E-state index in [9.17, 15) is 51.0 Å². The number of hydrogen-bond acceptors (Lipinski definition) is 6. The number of ketones is 2. The van der Waals surface area contributed by atoms with Crippen LogP contribution in [-0.2, 0) is 19.4 Å². The lowest BCUT2D eigenvalue weighted by molar-refractivity contribution is -0.147. The van der Waals surface area contributed by atoms with Crippen molar-refractivity contribution in [2.45, 2.75) is 29.2 Å². The first-order valence-corrected chi connectivity index (χ1v) is 19.2. The molecule has 262 valence electrons. The molecular weight excluding hydrogens is 945 g/mol. The van der Waals surface area contributed by atoms with Crippen molar-refractivity contribution in [2.75, 3.05) is 6.26 Å². The average Bonchev–Trinajstić information content (AvgIpc) is 3.47. The number of alkyl halides is 3. The summed E-state index contributed by atoms with van der Waals surface area (Å²) in [6.45, 7) is 0. The van der Waals surface area contributed by atoms with Gasteiger partial charge in [0, 0.05) is 35.3 Å². The summed E-state index contributed by atoms with van der Waals surface area (Å²) in [5.74, 6) is -5.22. The normalized spacial score (nSPS) is 17.2. The van der Waals surface area contributed by atoms with E-state index in [2.05, 4.69) is 63.7 Å². The van der Waals surface area contributed by atoms with Crippen molar-refractivity contribution in [1.82, 2.24) is 0 Å². The van der Waals surface area contributed by atoms with Gasteiger partial charge in [0.15, 0.2) is 11.6 Å². The fourth-order valence-corrected chi connectivity index (χ4v) is 6.85. The van der Waals surface area contributed by atoms with Crippen molar-refractivity contribution >= 4 is 97.1 Å². The van der Waals surface area contributed by atoms with Crippen molar-refractivity contribution in [3.63, 3.8) is 0 Å². The number of carboxylic acids is 2. The highest BCUT2D eigenvalue weighted by molar-refractivity contribution is 9.11. The van der Waals surface area contributed by atoms with Crippen molar-refractivity contribution in [3.05, 3.63) is 136 Å². The van der Waals surface area contributed by atoms with Gasteiger partial charge in [0.25, 0.3) is 0 Å². The molecule has 0 saturated carbocycles. The summed E-state index contributed by atoms with van der Waals surface area (Å²) in [6, 6.07) is 24.5. The largest absolute Gasteiger partial charge is 0.497 e. The Balaban J connectivity index is 0.000000186. The third-order valence-electron chi connectivity index (χ3n) is 7.87. The zero-order valence-electron chi connectivity index (χ0n) is 25.3. The summed E-state index contributed by atoms with van der Waals surface area (Å²) in [6.07, 6.45) is 0.118. The lowest BCUT2D eigenvalue weighted by atomic mass is 9.81. The molecular formula is C34H23Br4F3O8S. The van der Waals surface area contributed by atoms with Gasteiger partial charge in [-0.25, -0.2) is 8.42 Å². The second kappa shape index (κ2) is 15.6. The van der Waals surface area contributed by atoms with Gasteiger partial charge in [-0.15, -0.1) is 0 Å². The summed E-state index contributed by atoms with van der Waals surface area (Å²) in [5, 5.41) is 19.1. The van der Waals surface area contributed by atoms with Crippen molar-refractivity contribution < 1.29 is 51.0 Å². The van der Waals surface area contributed by atoms with Crippen LogP contribution in [0.4, 0.5) is 13.2 Å². The molecule has 0 aromatic heterocycles. The van der Waals surface area contributed by atoms with Crippen LogP contribution in [0.5, 0.6) is 0 Å². The van der Waals surface area contributed by atoms with Crippen molar-refractivity contribution in [3.8, 4) is 0 Å². The maximum absolute atomic E-state index is 12.6. The number of rotatable bonds is 5. The Morgan fingerprint density at radius 1 is 0.620 bits per heavy atom. The first-order valence-electron chi connectivity index (χ1n) is 14.1. The third-order valence-corrected chi connectivity index (χ3v) is 10.8. The molecule has 0 aliphatic heterocycles. The number of carboxylic acid groups (broad SMARTS) is 2. The molecule has 16 heteroatoms. The fraction of sp³-hybridized carbons (Fsp3) is 0.176. The predicted octanol–water partition coefficient (Wildman–Crippen LogP) is 9.27. The van der Waals surface area contributed by atoms with Gasteiger partial charge < -0.3 is 10.2 Å². The number of Topliss-reactive ketones (excluding diaryl/α,β-unsaturated/α-hetero) is 2. The van der Waals surface area contributed by atoms with Gasteiger partial charge in [-0.3, -0.25) is 19.2 Å². The smallest absolute Gasteiger partial charge is 0.481 e. The highest BCUT2D eigenvalue weighted by Gasteiger charge is 2.50. The van der Waals surface area contributed by atoms with Crippen LogP contribution >= 0.6 is 63.7 Å². The van der Waals surface area contributed by atoms with Crippen LogP contribution in [0, 0.1) is 0 Å². The van der Waals surface area contributed by atoms with Gasteiger partial charge in [-0.2, -0.15) is 13.2 Å². The molecule has 0 amide bonds. The van der Waals surface area contributed by atoms with E-state index < -0.39 is 39.1 Å². The van der Waals surface area contributed by atoms with Crippen LogP contribution in [0.3, 0.4) is 0 Å². The zero-order valence-corrected chi connectivity index (χ0v) is 32.5. The molecule has 4 unspecified atom stereocenters. The van der Waals surface area contributed by atoms with Crippen LogP contribution in [-0.4, -0.2) is 53.9 Å². The highest BCUT2D eigenvalue weighted by atomic mass is 79.9. The Morgan fingerprint density at radius 2 is 0.900 bits per heavy atom. The van der Waals surface area contributed by atoms with E-state index >= 15 is 0 Å². The Hall–Kier alpha value is -3.18. The molecule has 2 aliphatic carbocycles. The first kappa shape index (κ1) is 39.6. The van der Waals surface area contributed by atoms with Crippen LogP contribution in [0.25, 0.3) is 0 Å². The van der Waals surface area contributed by atoms with E-state index in [-0.39, 0.29) is 29.7 Å². The van der Waals surface area contributed by atoms with Crippen molar-refractivity contribution in [1.29, 1.82) is 0 Å². The average molecular weight is 968 g/mol. The summed E-state index contributed by atoms with van der Waals surface area (Å²) >= 11 is 13.3. The Labute approximate surface area is 317 Å². The molecule has 4 aromatic rings. The molecule has 0 saturated heterocycles. The Bertz CT molecular complexity index is 1960. The van der Waals surface area contributed by atoms with E-state index in [4.69, 9.17) is 0 Å². The summed E-state index contributed by atoms with van der Waals surface area (Å²) < 4.78 is 55.3. The van der Waals surface area contributed by atoms with Gasteiger partial charge in [-0.1, -0.05) is 100 Å². The SMILES string of the molecule is CS(=O)(=O)C(F)(F)F.O=C(O)C(c1ccc(Br)cc1)C(C(=O)O)c1ccc(Br)cc1.O=C1c2cc(Br)ccc2C2C(=O)c3cc(Br)ccc3C12. The summed E-state index contributed by atoms with van der Waals surface area (Å²) in [4.78, 5) is 48.7. The molecule has 50 heavy (non-hydrogen) atoms. The second-order valence-electron chi connectivity index (χ2n) is 11.1. The van der Waals surface area contributed by atoms with Crippen LogP contribution in [0.2, 0.25) is 0 Å². The standard InChI is InChI=1S/C16H12Br2O4.C16H8Br2O2.C2H3F3O2S/c17-11-5-1-9(2-6-11)13(15(19)20)14(16(21)22)10-3-7-12(18)8-4-10;17-7-1-3-9-11(5-7)15(19)14-10-4-2-8(18)6-12(10)16(20)13(9)14;1-8(6,7)2(3,4)5/h1-8,13-14H,(H,19,20)(H,21,22);1-6,13-14H;1H3. The molecule has 0 heterocycles. The minimum absolute atomic E-state index is 0.0562. The van der Waals surface area contributed by atoms with E-state index in [0.717, 1.165) is 29.0 Å². The first-order chi connectivity index (χ1) is 23.2. The van der Waals surface area contributed by atoms with E-state index in [1.165, 1.54) is 0 Å². The predicted molar refractivity (Wildman–Crippen MR) is 192 cm³/mol. The minimum atomic E-state index is -5.09. The number of carbonyl (C=O) groups is 4. The number of benzene rings is 4. The summed E-state index contributed by atoms with van der Waals surface area (Å²) in [7, 11) is -4.84. The molecule has 0 fully saturated rings. The molecule has 2 aliphatic rings. The van der Waals surface area contributed by atoms with E-state index in [0.29, 0.717) is 22.3 Å². The van der Waals surface area contributed by atoms with Gasteiger partial charge in [0.05, 0.1) is 23.7 Å². The molecule has 4 aromatic carbocycles. The fourth-order valence-electron chi connectivity index (χ4n) is 5.60. The number of halogens is 7. The molecule has 2 N–H and O–H groups in total. The second-order valence-corrected chi connectivity index (χ2v) is 16.8. The lowest BCUT2D eigenvalue weighted by Gasteiger charge is -2.21. The number of hydrogen-bond donors (Lipinski definition) is 2. The monoisotopic (exact) mass is 964 g/mol. The maximum atomic E-state index is 12.6. The Morgan fingerprint density at radius 3 is 1.16 bits per heavy atom. The lowest BCUT2D eigenvalue weighted by Crippen LogP contribution is -2.26. The van der Waals surface area contributed by atoms with Crippen LogP contribution in [0.1, 0.15) is 66.6 Å². The van der Waals surface area contributed by atoms with Crippen LogP contribution < -0.4 is 0 Å². The Kier molecular flexibility index (Phi) is 12.4. The molecule has 8 nitrogen and oxygen atoms in total. The highest BCUT2D eigenvalue weighted by Crippen LogP contribution is 2.52. The summed E-state index contributed by atoms with van der Waals surface area (Å²) in [5.41, 5.74) is -1.11. The van der Waals surface area contributed by atoms with Gasteiger partial charge in [0.2, 0.25) is 9.84 Å². The minimum Gasteiger partial charge on any atom is -0.481 e. The van der Waals surface area contributed by atoms with E-state index in [1.807, 2.05) is 36.4 Å². The molecule has 4 atom stereocenters. The molecule has 0 spiro atoms. The number of fused-ring (bicyclic) bond motifs is 5. The van der Waals surface area contributed by atoms with Gasteiger partial charge in [0.1, 0.15) is 0 Å². The maximum Gasteiger partial charge on any atom is 0.497 e. The van der Waals surface area contributed by atoms with Crippen molar-refractivity contribution in [2.24, 2.45) is 0 Å². The molecule has 6 rings (SSSR count). The van der Waals surface area contributed by atoms with Crippen LogP contribution in [0.15, 0.2) is 103 Å². The number of carbonyl (C=O) groups excluding carboxylic acids is 2. The number of sulfone groups is 1. The van der Waals surface area contributed by atoms with Gasteiger partial charge >= 0.3 is 17.4 Å². The quantitative estimate of drug-likeness (QED) is 0.202. The van der Waals surface area contributed by atoms with Gasteiger partial charge in [-0.05, 0) is 70.8 Å². The topological polar surface area (TPSA) is 143 Å². The molecule has 0 bridgehead atoms. The number of aliphatic carboxylic acids is 2. The zero-order chi connectivity index (χ0) is 37.3. The van der Waals surface area contributed by atoms with E-state index in [1.54, 1.807) is 48.5 Å². The molecule has 0 radical (unpaired) electrons.